The molecule has 0 atom stereocenters. The van der Waals surface area contributed by atoms with E-state index in [1.165, 1.54) is 24.3 Å². The van der Waals surface area contributed by atoms with Crippen LogP contribution < -0.4 is 11.1 Å². The van der Waals surface area contributed by atoms with Crippen LogP contribution in [0.2, 0.25) is 0 Å². The summed E-state index contributed by atoms with van der Waals surface area (Å²) >= 11 is 0. The highest BCUT2D eigenvalue weighted by Gasteiger charge is 2.07. The van der Waals surface area contributed by atoms with Gasteiger partial charge >= 0.3 is 0 Å². The number of nitrogens with zero attached hydrogens (tertiary/aromatic N) is 1. The van der Waals surface area contributed by atoms with E-state index in [1.54, 1.807) is 12.1 Å². The Morgan fingerprint density at radius 2 is 2.00 bits per heavy atom. The van der Waals surface area contributed by atoms with Crippen molar-refractivity contribution in [1.82, 2.24) is 0 Å². The zero-order valence-corrected chi connectivity index (χ0v) is 11.4. The maximum absolute atomic E-state index is 13.9. The lowest BCUT2D eigenvalue weighted by Gasteiger charge is -2.11. The fourth-order valence-corrected chi connectivity index (χ4v) is 1.88. The summed E-state index contributed by atoms with van der Waals surface area (Å²) in [5.74, 6) is -0.999. The third-order valence-corrected chi connectivity index (χ3v) is 3.13. The van der Waals surface area contributed by atoms with Gasteiger partial charge in [0.2, 0.25) is 0 Å². The van der Waals surface area contributed by atoms with Gasteiger partial charge in [0.1, 0.15) is 11.6 Å². The molecule has 0 heterocycles. The first-order valence-corrected chi connectivity index (χ1v) is 6.27. The molecule has 110 valence electrons. The van der Waals surface area contributed by atoms with Gasteiger partial charge in [0, 0.05) is 23.4 Å². The summed E-state index contributed by atoms with van der Waals surface area (Å²) in [6.45, 7) is 2.03. The number of halogens is 2. The van der Waals surface area contributed by atoms with Crippen molar-refractivity contribution in [3.8, 4) is 0 Å². The van der Waals surface area contributed by atoms with E-state index in [0.29, 0.717) is 16.8 Å². The summed E-state index contributed by atoms with van der Waals surface area (Å²) in [5, 5.41) is 14.3. The summed E-state index contributed by atoms with van der Waals surface area (Å²) < 4.78 is 27.1. The van der Waals surface area contributed by atoms with Gasteiger partial charge < -0.3 is 16.3 Å². The monoisotopic (exact) mass is 291 g/mol. The molecular formula is C15H15F2N3O. The third kappa shape index (κ3) is 3.47. The van der Waals surface area contributed by atoms with Crippen molar-refractivity contribution in [3.05, 3.63) is 64.7 Å². The molecule has 4 nitrogen and oxygen atoms in total. The fourth-order valence-electron chi connectivity index (χ4n) is 1.88. The summed E-state index contributed by atoms with van der Waals surface area (Å²) in [7, 11) is 0. The van der Waals surface area contributed by atoms with Gasteiger partial charge in [-0.1, -0.05) is 23.4 Å². The zero-order chi connectivity index (χ0) is 15.4. The molecule has 0 saturated heterocycles. The Hall–Kier alpha value is -2.63. The van der Waals surface area contributed by atoms with Crippen molar-refractivity contribution < 1.29 is 14.0 Å². The molecule has 0 aliphatic heterocycles. The Labute approximate surface area is 120 Å². The number of benzene rings is 2. The first kappa shape index (κ1) is 14.8. The number of oxime groups is 1. The van der Waals surface area contributed by atoms with Crippen LogP contribution in [0.4, 0.5) is 14.5 Å². The molecule has 0 radical (unpaired) electrons. The van der Waals surface area contributed by atoms with E-state index in [2.05, 4.69) is 10.5 Å². The minimum absolute atomic E-state index is 0.158. The van der Waals surface area contributed by atoms with Gasteiger partial charge in [-0.15, -0.1) is 0 Å². The quantitative estimate of drug-likeness (QED) is 0.351. The molecule has 0 saturated carbocycles. The van der Waals surface area contributed by atoms with Gasteiger partial charge in [0.25, 0.3) is 0 Å². The molecule has 0 unspecified atom stereocenters. The molecule has 2 aromatic carbocycles. The number of hydrogen-bond donors (Lipinski definition) is 3. The molecule has 0 fully saturated rings. The minimum atomic E-state index is -0.486. The fraction of sp³-hybridized carbons (Fsp3) is 0.133. The van der Waals surface area contributed by atoms with Gasteiger partial charge in [-0.3, -0.25) is 0 Å². The first-order chi connectivity index (χ1) is 10.0. The Morgan fingerprint density at radius 3 is 2.67 bits per heavy atom. The smallest absolute Gasteiger partial charge is 0.170 e. The van der Waals surface area contributed by atoms with Gasteiger partial charge in [-0.25, -0.2) is 8.78 Å². The second-order valence-corrected chi connectivity index (χ2v) is 4.60. The summed E-state index contributed by atoms with van der Waals surface area (Å²) in [6.07, 6.45) is 0. The number of nitrogens with two attached hydrogens (primary N) is 1. The lowest BCUT2D eigenvalue weighted by molar-refractivity contribution is 0.318. The van der Waals surface area contributed by atoms with E-state index in [0.717, 1.165) is 5.56 Å². The second-order valence-electron chi connectivity index (χ2n) is 4.60. The number of anilines is 1. The molecule has 0 aliphatic carbocycles. The highest BCUT2D eigenvalue weighted by atomic mass is 19.1. The Bertz CT molecular complexity index is 687. The van der Waals surface area contributed by atoms with Crippen molar-refractivity contribution >= 4 is 11.5 Å². The molecule has 0 amide bonds. The third-order valence-electron chi connectivity index (χ3n) is 3.13. The van der Waals surface area contributed by atoms with Crippen molar-refractivity contribution in [3.63, 3.8) is 0 Å². The summed E-state index contributed by atoms with van der Waals surface area (Å²) in [6, 6.07) is 8.64. The maximum Gasteiger partial charge on any atom is 0.170 e. The van der Waals surface area contributed by atoms with Crippen LogP contribution in [0.15, 0.2) is 41.6 Å². The molecule has 0 aromatic heterocycles. The van der Waals surface area contributed by atoms with Crippen molar-refractivity contribution in [2.24, 2.45) is 10.9 Å². The normalized spacial score (nSPS) is 11.5. The zero-order valence-electron chi connectivity index (χ0n) is 11.4. The van der Waals surface area contributed by atoms with E-state index < -0.39 is 5.82 Å². The van der Waals surface area contributed by atoms with Gasteiger partial charge in [-0.05, 0) is 30.7 Å². The van der Waals surface area contributed by atoms with Crippen LogP contribution >= 0.6 is 0 Å². The van der Waals surface area contributed by atoms with Crippen LogP contribution in [0.5, 0.6) is 0 Å². The van der Waals surface area contributed by atoms with E-state index >= 15 is 0 Å². The number of nitrogens with one attached hydrogen (secondary N) is 1. The average Bonchev–Trinajstić information content (AvgIpc) is 2.48. The molecule has 4 N–H and O–H groups in total. The van der Waals surface area contributed by atoms with Crippen LogP contribution in [-0.2, 0) is 6.54 Å². The van der Waals surface area contributed by atoms with Gasteiger partial charge in [0.05, 0.1) is 0 Å². The van der Waals surface area contributed by atoms with Crippen molar-refractivity contribution in [2.75, 3.05) is 5.32 Å². The van der Waals surface area contributed by atoms with Gasteiger partial charge in [0.15, 0.2) is 5.84 Å². The maximum atomic E-state index is 13.9. The molecule has 0 spiro atoms. The van der Waals surface area contributed by atoms with Crippen LogP contribution in [0.1, 0.15) is 16.7 Å². The predicted octanol–water partition coefficient (Wildman–Crippen LogP) is 2.98. The molecule has 2 rings (SSSR count). The summed E-state index contributed by atoms with van der Waals surface area (Å²) in [5.41, 5.74) is 7.55. The van der Waals surface area contributed by atoms with E-state index in [1.807, 2.05) is 6.92 Å². The largest absolute Gasteiger partial charge is 0.409 e. The molecule has 0 bridgehead atoms. The predicted molar refractivity (Wildman–Crippen MR) is 77.4 cm³/mol. The Kier molecular flexibility index (Phi) is 4.37. The van der Waals surface area contributed by atoms with Crippen LogP contribution in [0.3, 0.4) is 0 Å². The van der Waals surface area contributed by atoms with E-state index in [4.69, 9.17) is 10.9 Å². The molecule has 2 aromatic rings. The number of rotatable bonds is 4. The molecule has 21 heavy (non-hydrogen) atoms. The Balaban J connectivity index is 2.15. The highest BCUT2D eigenvalue weighted by Crippen LogP contribution is 2.18. The lowest BCUT2D eigenvalue weighted by atomic mass is 10.1. The van der Waals surface area contributed by atoms with Crippen molar-refractivity contribution in [2.45, 2.75) is 13.5 Å². The molecular weight excluding hydrogens is 276 g/mol. The standard InChI is InChI=1S/C15H15F2N3O/c1-9-2-5-12(16)7-14(9)19-8-11-4-3-10(6-13(11)17)15(18)20-21/h2-7,19,21H,8H2,1H3,(H2,18,20). The summed E-state index contributed by atoms with van der Waals surface area (Å²) in [4.78, 5) is 0. The molecule has 6 heteroatoms. The Morgan fingerprint density at radius 1 is 1.24 bits per heavy atom. The molecule has 0 aliphatic rings. The highest BCUT2D eigenvalue weighted by molar-refractivity contribution is 5.97. The van der Waals surface area contributed by atoms with Crippen LogP contribution in [0.25, 0.3) is 0 Å². The lowest BCUT2D eigenvalue weighted by Crippen LogP contribution is -2.14. The minimum Gasteiger partial charge on any atom is -0.409 e. The number of aryl methyl sites for hydroxylation is 1. The van der Waals surface area contributed by atoms with Crippen molar-refractivity contribution in [1.29, 1.82) is 0 Å². The first-order valence-electron chi connectivity index (χ1n) is 6.27. The average molecular weight is 291 g/mol. The SMILES string of the molecule is Cc1ccc(F)cc1NCc1ccc(C(N)=NO)cc1F. The number of hydrogen-bond acceptors (Lipinski definition) is 3. The number of amidine groups is 1. The second kappa shape index (κ2) is 6.21. The topological polar surface area (TPSA) is 70.6 Å². The van der Waals surface area contributed by atoms with Crippen LogP contribution in [0, 0.1) is 18.6 Å². The van der Waals surface area contributed by atoms with Gasteiger partial charge in [-0.2, -0.15) is 0 Å². The van der Waals surface area contributed by atoms with E-state index in [9.17, 15) is 8.78 Å². The van der Waals surface area contributed by atoms with E-state index in [-0.39, 0.29) is 18.2 Å². The van der Waals surface area contributed by atoms with Crippen LogP contribution in [-0.4, -0.2) is 11.0 Å².